The number of aryl methyl sites for hydroxylation is 2. The zero-order valence-electron chi connectivity index (χ0n) is 16.4. The van der Waals surface area contributed by atoms with Gasteiger partial charge < -0.3 is 14.6 Å². The molecular formula is C21H23ClN4OS. The van der Waals surface area contributed by atoms with Gasteiger partial charge in [0, 0.05) is 22.3 Å². The zero-order valence-corrected chi connectivity index (χ0v) is 17.9. The topological polar surface area (TPSA) is 54.2 Å². The smallest absolute Gasteiger partial charge is 0.247 e. The van der Waals surface area contributed by atoms with Crippen molar-refractivity contribution < 1.29 is 4.42 Å². The van der Waals surface area contributed by atoms with Crippen molar-refractivity contribution in [3.8, 4) is 11.5 Å². The van der Waals surface area contributed by atoms with Crippen LogP contribution in [0.3, 0.4) is 0 Å². The number of hydrogen-bond donors (Lipinski definition) is 1. The highest BCUT2D eigenvalue weighted by Crippen LogP contribution is 2.21. The van der Waals surface area contributed by atoms with Crippen LogP contribution in [0.15, 0.2) is 46.9 Å². The Bertz CT molecular complexity index is 949. The largest absolute Gasteiger partial charge is 0.419 e. The number of anilines is 1. The van der Waals surface area contributed by atoms with Crippen molar-refractivity contribution in [3.05, 3.63) is 64.5 Å². The lowest BCUT2D eigenvalue weighted by atomic mass is 10.1. The van der Waals surface area contributed by atoms with Gasteiger partial charge in [-0.2, -0.15) is 0 Å². The first-order valence-corrected chi connectivity index (χ1v) is 9.84. The quantitative estimate of drug-likeness (QED) is 0.547. The van der Waals surface area contributed by atoms with E-state index in [1.54, 1.807) is 12.1 Å². The molecule has 1 heterocycles. The van der Waals surface area contributed by atoms with Crippen LogP contribution in [0.5, 0.6) is 0 Å². The molecule has 2 aromatic carbocycles. The number of aromatic nitrogens is 2. The lowest BCUT2D eigenvalue weighted by molar-refractivity contribution is 0.309. The number of benzene rings is 2. The molecule has 1 aromatic heterocycles. The number of nitrogens with one attached hydrogen (secondary N) is 1. The van der Waals surface area contributed by atoms with Gasteiger partial charge in [-0.1, -0.05) is 17.7 Å². The lowest BCUT2D eigenvalue weighted by Gasteiger charge is -2.28. The Hall–Kier alpha value is -2.44. The maximum absolute atomic E-state index is 5.93. The Morgan fingerprint density at radius 1 is 1.11 bits per heavy atom. The third-order valence-electron chi connectivity index (χ3n) is 4.22. The molecule has 28 heavy (non-hydrogen) atoms. The van der Waals surface area contributed by atoms with E-state index in [0.29, 0.717) is 28.5 Å². The second kappa shape index (κ2) is 8.71. The average Bonchev–Trinajstić information content (AvgIpc) is 3.07. The summed E-state index contributed by atoms with van der Waals surface area (Å²) in [5.41, 5.74) is 4.17. The van der Waals surface area contributed by atoms with Gasteiger partial charge >= 0.3 is 0 Å². The van der Waals surface area contributed by atoms with Gasteiger partial charge in [-0.3, -0.25) is 0 Å². The van der Waals surface area contributed by atoms with Crippen LogP contribution in [-0.2, 0) is 6.54 Å². The second-order valence-corrected chi connectivity index (χ2v) is 7.86. The highest BCUT2D eigenvalue weighted by Gasteiger charge is 2.18. The van der Waals surface area contributed by atoms with E-state index in [-0.39, 0.29) is 6.04 Å². The van der Waals surface area contributed by atoms with E-state index in [1.807, 2.05) is 17.0 Å². The van der Waals surface area contributed by atoms with E-state index < -0.39 is 0 Å². The van der Waals surface area contributed by atoms with Gasteiger partial charge in [0.15, 0.2) is 5.11 Å². The van der Waals surface area contributed by atoms with Crippen LogP contribution in [0.1, 0.15) is 30.9 Å². The minimum Gasteiger partial charge on any atom is -0.419 e. The van der Waals surface area contributed by atoms with Crippen molar-refractivity contribution in [1.29, 1.82) is 0 Å². The summed E-state index contributed by atoms with van der Waals surface area (Å²) in [6.45, 7) is 8.71. The molecule has 0 amide bonds. The molecule has 3 rings (SSSR count). The van der Waals surface area contributed by atoms with E-state index in [2.05, 4.69) is 61.4 Å². The van der Waals surface area contributed by atoms with Crippen molar-refractivity contribution in [2.75, 3.05) is 5.32 Å². The molecule has 0 aliphatic heterocycles. The normalized spacial score (nSPS) is 10.9. The molecule has 0 spiro atoms. The van der Waals surface area contributed by atoms with Crippen molar-refractivity contribution in [2.45, 2.75) is 40.3 Å². The van der Waals surface area contributed by atoms with Crippen LogP contribution in [0.2, 0.25) is 5.02 Å². The summed E-state index contributed by atoms with van der Waals surface area (Å²) in [5.74, 6) is 0.965. The monoisotopic (exact) mass is 414 g/mol. The maximum Gasteiger partial charge on any atom is 0.247 e. The van der Waals surface area contributed by atoms with Gasteiger partial charge in [0.2, 0.25) is 11.8 Å². The van der Waals surface area contributed by atoms with Crippen LogP contribution < -0.4 is 5.32 Å². The molecule has 1 N–H and O–H groups in total. The summed E-state index contributed by atoms with van der Waals surface area (Å²) >= 11 is 11.6. The van der Waals surface area contributed by atoms with Crippen LogP contribution in [-0.4, -0.2) is 26.3 Å². The molecule has 0 aliphatic carbocycles. The standard InChI is InChI=1S/C21H23ClN4OS/c1-13(2)26(21(28)23-18-10-14(3)9-15(4)11-18)12-19-24-25-20(27-19)16-5-7-17(22)8-6-16/h5-11,13H,12H2,1-4H3,(H,23,28). The Balaban J connectivity index is 1.74. The molecule has 5 nitrogen and oxygen atoms in total. The second-order valence-electron chi connectivity index (χ2n) is 7.04. The maximum atomic E-state index is 5.93. The highest BCUT2D eigenvalue weighted by molar-refractivity contribution is 7.80. The van der Waals surface area contributed by atoms with Gasteiger partial charge in [-0.05, 0) is 87.4 Å². The molecule has 0 unspecified atom stereocenters. The molecule has 0 aliphatic rings. The van der Waals surface area contributed by atoms with Gasteiger partial charge in [0.25, 0.3) is 0 Å². The van der Waals surface area contributed by atoms with Crippen molar-refractivity contribution in [3.63, 3.8) is 0 Å². The molecule has 7 heteroatoms. The van der Waals surface area contributed by atoms with Crippen molar-refractivity contribution >= 4 is 34.6 Å². The third kappa shape index (κ3) is 5.09. The summed E-state index contributed by atoms with van der Waals surface area (Å²) in [6.07, 6.45) is 0. The fourth-order valence-electron chi connectivity index (χ4n) is 2.90. The fourth-order valence-corrected chi connectivity index (χ4v) is 3.42. The molecule has 0 atom stereocenters. The van der Waals surface area contributed by atoms with E-state index >= 15 is 0 Å². The molecular weight excluding hydrogens is 392 g/mol. The first-order valence-electron chi connectivity index (χ1n) is 9.06. The van der Waals surface area contributed by atoms with Crippen molar-refractivity contribution in [2.24, 2.45) is 0 Å². The third-order valence-corrected chi connectivity index (χ3v) is 4.81. The Morgan fingerprint density at radius 3 is 2.36 bits per heavy atom. The summed E-state index contributed by atoms with van der Waals surface area (Å²) in [5, 5.41) is 12.9. The van der Waals surface area contributed by atoms with Crippen LogP contribution in [0.25, 0.3) is 11.5 Å². The minimum absolute atomic E-state index is 0.164. The summed E-state index contributed by atoms with van der Waals surface area (Å²) in [7, 11) is 0. The van der Waals surface area contributed by atoms with E-state index in [9.17, 15) is 0 Å². The number of hydrogen-bond acceptors (Lipinski definition) is 4. The number of rotatable bonds is 5. The van der Waals surface area contributed by atoms with Crippen LogP contribution >= 0.6 is 23.8 Å². The molecule has 0 saturated carbocycles. The number of thiocarbonyl (C=S) groups is 1. The highest BCUT2D eigenvalue weighted by atomic mass is 35.5. The van der Waals surface area contributed by atoms with E-state index in [0.717, 1.165) is 11.3 Å². The van der Waals surface area contributed by atoms with Gasteiger partial charge in [-0.25, -0.2) is 0 Å². The van der Waals surface area contributed by atoms with Gasteiger partial charge in [0.05, 0.1) is 6.54 Å². The minimum atomic E-state index is 0.164. The molecule has 0 fully saturated rings. The first kappa shape index (κ1) is 20.3. The molecule has 0 saturated heterocycles. The number of nitrogens with zero attached hydrogens (tertiary/aromatic N) is 3. The molecule has 146 valence electrons. The van der Waals surface area contributed by atoms with Gasteiger partial charge in [-0.15, -0.1) is 10.2 Å². The fraction of sp³-hybridized carbons (Fsp3) is 0.286. The Labute approximate surface area is 175 Å². The summed E-state index contributed by atoms with van der Waals surface area (Å²) < 4.78 is 5.83. The number of halogens is 1. The van der Waals surface area contributed by atoms with Crippen molar-refractivity contribution in [1.82, 2.24) is 15.1 Å². The Kier molecular flexibility index (Phi) is 6.31. The van der Waals surface area contributed by atoms with Crippen LogP contribution in [0.4, 0.5) is 5.69 Å². The first-order chi connectivity index (χ1) is 13.3. The SMILES string of the molecule is Cc1cc(C)cc(NC(=S)N(Cc2nnc(-c3ccc(Cl)cc3)o2)C(C)C)c1. The molecule has 0 radical (unpaired) electrons. The van der Waals surface area contributed by atoms with Gasteiger partial charge in [0.1, 0.15) is 0 Å². The zero-order chi connectivity index (χ0) is 20.3. The molecule has 3 aromatic rings. The lowest BCUT2D eigenvalue weighted by Crippen LogP contribution is -2.39. The Morgan fingerprint density at radius 2 is 1.75 bits per heavy atom. The molecule has 0 bridgehead atoms. The predicted molar refractivity (Wildman–Crippen MR) is 118 cm³/mol. The summed E-state index contributed by atoms with van der Waals surface area (Å²) in [6, 6.07) is 13.7. The average molecular weight is 415 g/mol. The van der Waals surface area contributed by atoms with Crippen LogP contribution in [0, 0.1) is 13.8 Å². The van der Waals surface area contributed by atoms with E-state index in [4.69, 9.17) is 28.2 Å². The van der Waals surface area contributed by atoms with E-state index in [1.165, 1.54) is 11.1 Å². The summed E-state index contributed by atoms with van der Waals surface area (Å²) in [4.78, 5) is 2.02. The predicted octanol–water partition coefficient (Wildman–Crippen LogP) is 5.61.